The first-order valence-electron chi connectivity index (χ1n) is 7.97. The first kappa shape index (κ1) is 19.9. The highest BCUT2D eigenvalue weighted by Crippen LogP contribution is 2.37. The molecule has 3 rings (SSSR count). The Hall–Kier alpha value is -1.84. The lowest BCUT2D eigenvalue weighted by atomic mass is 10.2. The number of anilines is 1. The maximum absolute atomic E-state index is 13.9. The van der Waals surface area contributed by atoms with E-state index in [1.165, 1.54) is 6.07 Å². The minimum Gasteiger partial charge on any atom is -0.367 e. The molecule has 0 spiro atoms. The highest BCUT2D eigenvalue weighted by Gasteiger charge is 2.40. The van der Waals surface area contributed by atoms with E-state index >= 15 is 0 Å². The van der Waals surface area contributed by atoms with E-state index in [1.54, 1.807) is 23.1 Å². The van der Waals surface area contributed by atoms with Crippen molar-refractivity contribution in [2.75, 3.05) is 31.1 Å². The first-order valence-corrected chi connectivity index (χ1v) is 9.79. The fourth-order valence-corrected chi connectivity index (χ4v) is 4.75. The number of hydrogen-bond acceptors (Lipinski definition) is 3. The molecule has 1 saturated heterocycles. The molecule has 0 aliphatic carbocycles. The van der Waals surface area contributed by atoms with Crippen molar-refractivity contribution in [3.8, 4) is 0 Å². The van der Waals surface area contributed by atoms with E-state index in [9.17, 15) is 26.0 Å². The van der Waals surface area contributed by atoms with E-state index in [2.05, 4.69) is 0 Å². The van der Waals surface area contributed by atoms with Crippen LogP contribution in [0.3, 0.4) is 0 Å². The fourth-order valence-electron chi connectivity index (χ4n) is 2.97. The summed E-state index contributed by atoms with van der Waals surface area (Å²) in [5.74, 6) is -0.439. The number of nitrogens with zero attached hydrogens (tertiary/aromatic N) is 2. The molecule has 4 nitrogen and oxygen atoms in total. The summed E-state index contributed by atoms with van der Waals surface area (Å²) in [4.78, 5) is 0.826. The molecule has 0 saturated carbocycles. The van der Waals surface area contributed by atoms with Gasteiger partial charge in [0.1, 0.15) is 5.82 Å². The molecule has 0 unspecified atom stereocenters. The van der Waals surface area contributed by atoms with Crippen LogP contribution >= 0.6 is 11.6 Å². The zero-order valence-corrected chi connectivity index (χ0v) is 15.5. The SMILES string of the molecule is O=S(=O)(c1ccc(Cl)cc1C(F)(F)F)N1CCN(c2ccccc2F)CC1. The van der Waals surface area contributed by atoms with Crippen LogP contribution in [0.2, 0.25) is 5.02 Å². The van der Waals surface area contributed by atoms with Crippen LogP contribution in [-0.2, 0) is 16.2 Å². The van der Waals surface area contributed by atoms with Gasteiger partial charge in [-0.2, -0.15) is 17.5 Å². The zero-order chi connectivity index (χ0) is 19.8. The molecule has 0 bridgehead atoms. The Morgan fingerprint density at radius 3 is 2.19 bits per heavy atom. The van der Waals surface area contributed by atoms with Gasteiger partial charge < -0.3 is 4.90 Å². The van der Waals surface area contributed by atoms with Crippen molar-refractivity contribution in [1.82, 2.24) is 4.31 Å². The Bertz CT molecular complexity index is 942. The number of para-hydroxylation sites is 1. The van der Waals surface area contributed by atoms with E-state index in [0.29, 0.717) is 11.8 Å². The number of alkyl halides is 3. The molecular weight excluding hydrogens is 408 g/mol. The molecule has 0 N–H and O–H groups in total. The maximum Gasteiger partial charge on any atom is 0.417 e. The van der Waals surface area contributed by atoms with Gasteiger partial charge in [-0.25, -0.2) is 12.8 Å². The van der Waals surface area contributed by atoms with Crippen LogP contribution in [0.1, 0.15) is 5.56 Å². The van der Waals surface area contributed by atoms with Crippen LogP contribution in [0.15, 0.2) is 47.4 Å². The third-order valence-electron chi connectivity index (χ3n) is 4.30. The number of rotatable bonds is 3. The van der Waals surface area contributed by atoms with Gasteiger partial charge in [0, 0.05) is 31.2 Å². The van der Waals surface area contributed by atoms with Crippen molar-refractivity contribution in [3.05, 3.63) is 58.9 Å². The predicted molar refractivity (Wildman–Crippen MR) is 93.8 cm³/mol. The number of piperazine rings is 1. The number of benzene rings is 2. The predicted octanol–water partition coefficient (Wildman–Crippen LogP) is 4.01. The Kier molecular flexibility index (Phi) is 5.38. The third kappa shape index (κ3) is 4.04. The maximum atomic E-state index is 13.9. The van der Waals surface area contributed by atoms with Gasteiger partial charge in [-0.05, 0) is 30.3 Å². The highest BCUT2D eigenvalue weighted by molar-refractivity contribution is 7.89. The quantitative estimate of drug-likeness (QED) is 0.702. The van der Waals surface area contributed by atoms with E-state index in [-0.39, 0.29) is 31.2 Å². The van der Waals surface area contributed by atoms with Gasteiger partial charge in [-0.15, -0.1) is 0 Å². The molecule has 0 aromatic heterocycles. The topological polar surface area (TPSA) is 40.6 Å². The van der Waals surface area contributed by atoms with Crippen molar-refractivity contribution in [2.24, 2.45) is 0 Å². The summed E-state index contributed by atoms with van der Waals surface area (Å²) < 4.78 is 80.2. The second kappa shape index (κ2) is 7.29. The molecule has 10 heteroatoms. The monoisotopic (exact) mass is 422 g/mol. The lowest BCUT2D eigenvalue weighted by Crippen LogP contribution is -2.49. The molecule has 1 aliphatic rings. The van der Waals surface area contributed by atoms with Gasteiger partial charge in [0.25, 0.3) is 0 Å². The minimum absolute atomic E-state index is 0.0589. The van der Waals surface area contributed by atoms with Crippen molar-refractivity contribution < 1.29 is 26.0 Å². The first-order chi connectivity index (χ1) is 12.6. The normalized spacial score (nSPS) is 16.6. The molecule has 1 aliphatic heterocycles. The van der Waals surface area contributed by atoms with Gasteiger partial charge in [0.05, 0.1) is 16.1 Å². The second-order valence-corrected chi connectivity index (χ2v) is 8.32. The van der Waals surface area contributed by atoms with E-state index in [4.69, 9.17) is 11.6 Å². The molecule has 2 aromatic carbocycles. The summed E-state index contributed by atoms with van der Waals surface area (Å²) in [7, 11) is -4.37. The van der Waals surface area contributed by atoms with Gasteiger partial charge in [-0.1, -0.05) is 23.7 Å². The van der Waals surface area contributed by atoms with Crippen LogP contribution < -0.4 is 4.90 Å². The van der Waals surface area contributed by atoms with Gasteiger partial charge in [-0.3, -0.25) is 0 Å². The average molecular weight is 423 g/mol. The summed E-state index contributed by atoms with van der Waals surface area (Å²) in [5.41, 5.74) is -0.969. The average Bonchev–Trinajstić information content (AvgIpc) is 2.61. The van der Waals surface area contributed by atoms with Crippen LogP contribution in [0.4, 0.5) is 23.2 Å². The molecule has 0 amide bonds. The largest absolute Gasteiger partial charge is 0.417 e. The van der Waals surface area contributed by atoms with Gasteiger partial charge >= 0.3 is 6.18 Å². The fraction of sp³-hybridized carbons (Fsp3) is 0.294. The van der Waals surface area contributed by atoms with Crippen molar-refractivity contribution >= 4 is 27.3 Å². The van der Waals surface area contributed by atoms with Crippen LogP contribution in [0.25, 0.3) is 0 Å². The minimum atomic E-state index is -4.86. The summed E-state index contributed by atoms with van der Waals surface area (Å²) in [6, 6.07) is 8.64. The van der Waals surface area contributed by atoms with E-state index in [1.807, 2.05) is 0 Å². The lowest BCUT2D eigenvalue weighted by molar-refractivity contribution is -0.139. The van der Waals surface area contributed by atoms with E-state index < -0.39 is 32.5 Å². The standard InChI is InChI=1S/C17H15ClF4N2O2S/c18-12-5-6-16(13(11-12)17(20,21)22)27(25,26)24-9-7-23(8-10-24)15-4-2-1-3-14(15)19/h1-6,11H,7-10H2. The molecule has 0 atom stereocenters. The molecule has 27 heavy (non-hydrogen) atoms. The third-order valence-corrected chi connectivity index (χ3v) is 6.49. The lowest BCUT2D eigenvalue weighted by Gasteiger charge is -2.35. The number of halogens is 5. The Morgan fingerprint density at radius 2 is 1.59 bits per heavy atom. The van der Waals surface area contributed by atoms with Gasteiger partial charge in [0.2, 0.25) is 10.0 Å². The van der Waals surface area contributed by atoms with Crippen LogP contribution in [0, 0.1) is 5.82 Å². The summed E-state index contributed by atoms with van der Waals surface area (Å²) in [6.07, 6.45) is -4.86. The summed E-state index contributed by atoms with van der Waals surface area (Å²) >= 11 is 5.61. The molecule has 1 fully saturated rings. The second-order valence-electron chi connectivity index (χ2n) is 5.98. The Labute approximate surface area is 159 Å². The number of hydrogen-bond donors (Lipinski definition) is 0. The molecule has 146 valence electrons. The summed E-state index contributed by atoms with van der Waals surface area (Å²) in [5, 5.41) is -0.203. The Balaban J connectivity index is 1.85. The van der Waals surface area contributed by atoms with Crippen molar-refractivity contribution in [2.45, 2.75) is 11.1 Å². The van der Waals surface area contributed by atoms with Crippen LogP contribution in [0.5, 0.6) is 0 Å². The molecule has 1 heterocycles. The Morgan fingerprint density at radius 1 is 0.963 bits per heavy atom. The summed E-state index contributed by atoms with van der Waals surface area (Å²) in [6.45, 7) is 0.206. The van der Waals surface area contributed by atoms with Gasteiger partial charge in [0.15, 0.2) is 0 Å². The van der Waals surface area contributed by atoms with Crippen molar-refractivity contribution in [1.29, 1.82) is 0 Å². The van der Waals surface area contributed by atoms with Crippen LogP contribution in [-0.4, -0.2) is 38.9 Å². The smallest absolute Gasteiger partial charge is 0.367 e. The van der Waals surface area contributed by atoms with E-state index in [0.717, 1.165) is 16.4 Å². The highest BCUT2D eigenvalue weighted by atomic mass is 35.5. The molecule has 0 radical (unpaired) electrons. The van der Waals surface area contributed by atoms with Crippen molar-refractivity contribution in [3.63, 3.8) is 0 Å². The molecular formula is C17H15ClF4N2O2S. The number of sulfonamides is 1. The zero-order valence-electron chi connectivity index (χ0n) is 13.9. The molecule has 2 aromatic rings.